The third kappa shape index (κ3) is 3.34. The van der Waals surface area contributed by atoms with Gasteiger partial charge in [0, 0.05) is 29.4 Å². The van der Waals surface area contributed by atoms with E-state index in [0.29, 0.717) is 12.3 Å². The molecule has 20 heavy (non-hydrogen) atoms. The van der Waals surface area contributed by atoms with Crippen molar-refractivity contribution < 1.29 is 9.53 Å². The minimum Gasteiger partial charge on any atom is -0.380 e. The normalized spacial score (nSPS) is 10.5. The highest BCUT2D eigenvalue weighted by atomic mass is 32.1. The number of benzene rings is 1. The van der Waals surface area contributed by atoms with E-state index in [1.807, 2.05) is 31.2 Å². The molecule has 0 aliphatic rings. The Kier molecular flexibility index (Phi) is 4.70. The second kappa shape index (κ2) is 6.49. The van der Waals surface area contributed by atoms with Crippen molar-refractivity contribution >= 4 is 22.9 Å². The Morgan fingerprint density at radius 2 is 2.15 bits per heavy atom. The van der Waals surface area contributed by atoms with Crippen LogP contribution < -0.4 is 10.2 Å². The Hall–Kier alpha value is -1.92. The largest absolute Gasteiger partial charge is 0.380 e. The molecule has 0 unspecified atom stereocenters. The molecule has 0 atom stereocenters. The number of amides is 1. The van der Waals surface area contributed by atoms with Crippen LogP contribution in [0.25, 0.3) is 0 Å². The van der Waals surface area contributed by atoms with Gasteiger partial charge in [-0.3, -0.25) is 14.2 Å². The Balaban J connectivity index is 2.11. The van der Waals surface area contributed by atoms with Crippen molar-refractivity contribution in [3.8, 4) is 0 Å². The number of hydrogen-bond donors (Lipinski definition) is 1. The van der Waals surface area contributed by atoms with E-state index in [4.69, 9.17) is 4.74 Å². The Morgan fingerprint density at radius 3 is 2.80 bits per heavy atom. The second-order valence-corrected chi connectivity index (χ2v) is 5.19. The van der Waals surface area contributed by atoms with Crippen LogP contribution in [0.1, 0.15) is 11.3 Å². The summed E-state index contributed by atoms with van der Waals surface area (Å²) in [5.41, 5.74) is 2.40. The SMILES string of the molecule is COCc1ccccc1NC(=O)Cn1c(C)csc1=O. The topological polar surface area (TPSA) is 60.3 Å². The molecule has 1 N–H and O–H groups in total. The summed E-state index contributed by atoms with van der Waals surface area (Å²) in [6.07, 6.45) is 0. The predicted octanol–water partition coefficient (Wildman–Crippen LogP) is 2.00. The number of nitrogens with one attached hydrogen (secondary N) is 1. The van der Waals surface area contributed by atoms with Gasteiger partial charge >= 0.3 is 4.87 Å². The number of aryl methyl sites for hydroxylation is 1. The number of ether oxygens (including phenoxy) is 1. The molecule has 2 aromatic rings. The summed E-state index contributed by atoms with van der Waals surface area (Å²) in [5, 5.41) is 4.56. The van der Waals surface area contributed by atoms with Crippen molar-refractivity contribution in [3.63, 3.8) is 0 Å². The molecule has 1 aromatic heterocycles. The summed E-state index contributed by atoms with van der Waals surface area (Å²) in [4.78, 5) is 23.5. The first-order chi connectivity index (χ1) is 9.61. The maximum absolute atomic E-state index is 12.0. The second-order valence-electron chi connectivity index (χ2n) is 4.37. The number of anilines is 1. The molecule has 1 amide bonds. The van der Waals surface area contributed by atoms with Gasteiger partial charge in [-0.1, -0.05) is 29.5 Å². The molecule has 0 saturated heterocycles. The summed E-state index contributed by atoms with van der Waals surface area (Å²) in [6, 6.07) is 7.44. The van der Waals surface area contributed by atoms with Crippen LogP contribution >= 0.6 is 11.3 Å². The molecular weight excluding hydrogens is 276 g/mol. The van der Waals surface area contributed by atoms with Crippen LogP contribution in [0.15, 0.2) is 34.4 Å². The summed E-state index contributed by atoms with van der Waals surface area (Å²) in [6.45, 7) is 2.26. The maximum Gasteiger partial charge on any atom is 0.307 e. The monoisotopic (exact) mass is 292 g/mol. The van der Waals surface area contributed by atoms with Gasteiger partial charge in [0.15, 0.2) is 0 Å². The first-order valence-electron chi connectivity index (χ1n) is 6.13. The number of thiazole rings is 1. The van der Waals surface area contributed by atoms with E-state index in [2.05, 4.69) is 5.32 Å². The van der Waals surface area contributed by atoms with Gasteiger partial charge in [0.05, 0.1) is 6.61 Å². The molecule has 0 bridgehead atoms. The smallest absolute Gasteiger partial charge is 0.307 e. The number of para-hydroxylation sites is 1. The summed E-state index contributed by atoms with van der Waals surface area (Å²) in [5.74, 6) is -0.225. The lowest BCUT2D eigenvalue weighted by Crippen LogP contribution is -2.25. The first kappa shape index (κ1) is 14.5. The fourth-order valence-electron chi connectivity index (χ4n) is 1.85. The van der Waals surface area contributed by atoms with Gasteiger partial charge in [-0.2, -0.15) is 0 Å². The quantitative estimate of drug-likeness (QED) is 0.917. The highest BCUT2D eigenvalue weighted by molar-refractivity contribution is 7.07. The average molecular weight is 292 g/mol. The molecule has 106 valence electrons. The zero-order valence-electron chi connectivity index (χ0n) is 11.4. The lowest BCUT2D eigenvalue weighted by molar-refractivity contribution is -0.116. The highest BCUT2D eigenvalue weighted by Crippen LogP contribution is 2.15. The summed E-state index contributed by atoms with van der Waals surface area (Å²) < 4.78 is 6.55. The standard InChI is InChI=1S/C14H16N2O3S/c1-10-9-20-14(18)16(10)7-13(17)15-12-6-4-3-5-11(12)8-19-2/h3-6,9H,7-8H2,1-2H3,(H,15,17). The fourth-order valence-corrected chi connectivity index (χ4v) is 2.59. The Labute approximate surface area is 120 Å². The van der Waals surface area contributed by atoms with Gasteiger partial charge in [-0.15, -0.1) is 0 Å². The van der Waals surface area contributed by atoms with Crippen LogP contribution in [-0.4, -0.2) is 17.6 Å². The Morgan fingerprint density at radius 1 is 1.40 bits per heavy atom. The molecule has 0 aliphatic carbocycles. The zero-order chi connectivity index (χ0) is 14.5. The van der Waals surface area contributed by atoms with Crippen LogP contribution in [0.3, 0.4) is 0 Å². The lowest BCUT2D eigenvalue weighted by Gasteiger charge is -2.11. The van der Waals surface area contributed by atoms with Gasteiger partial charge < -0.3 is 10.1 Å². The molecule has 0 saturated carbocycles. The lowest BCUT2D eigenvalue weighted by atomic mass is 10.2. The van der Waals surface area contributed by atoms with E-state index in [1.165, 1.54) is 4.57 Å². The average Bonchev–Trinajstić information content (AvgIpc) is 2.73. The minimum atomic E-state index is -0.225. The number of hydrogen-bond acceptors (Lipinski definition) is 4. The van der Waals surface area contributed by atoms with Crippen LogP contribution in [-0.2, 0) is 22.7 Å². The molecule has 5 nitrogen and oxygen atoms in total. The molecule has 6 heteroatoms. The van der Waals surface area contributed by atoms with Crippen molar-refractivity contribution in [2.45, 2.75) is 20.1 Å². The molecule has 0 aliphatic heterocycles. The zero-order valence-corrected chi connectivity index (χ0v) is 12.2. The minimum absolute atomic E-state index is 0.0233. The first-order valence-corrected chi connectivity index (χ1v) is 7.01. The van der Waals surface area contributed by atoms with E-state index in [1.54, 1.807) is 12.5 Å². The number of aromatic nitrogens is 1. The fraction of sp³-hybridized carbons (Fsp3) is 0.286. The molecule has 0 spiro atoms. The van der Waals surface area contributed by atoms with Crippen LogP contribution in [0.4, 0.5) is 5.69 Å². The number of methoxy groups -OCH3 is 1. The van der Waals surface area contributed by atoms with Crippen LogP contribution in [0.2, 0.25) is 0 Å². The van der Waals surface area contributed by atoms with Crippen molar-refractivity contribution in [2.24, 2.45) is 0 Å². The molecule has 1 heterocycles. The van der Waals surface area contributed by atoms with E-state index in [9.17, 15) is 9.59 Å². The van der Waals surface area contributed by atoms with Gasteiger partial charge in [0.2, 0.25) is 5.91 Å². The molecule has 0 fully saturated rings. The van der Waals surface area contributed by atoms with E-state index in [0.717, 1.165) is 22.6 Å². The van der Waals surface area contributed by atoms with Crippen molar-refractivity contribution in [3.05, 3.63) is 50.6 Å². The van der Waals surface area contributed by atoms with Gasteiger partial charge in [-0.25, -0.2) is 0 Å². The third-order valence-electron chi connectivity index (χ3n) is 2.87. The number of carbonyl (C=O) groups excluding carboxylic acids is 1. The van der Waals surface area contributed by atoms with Gasteiger partial charge in [0.25, 0.3) is 0 Å². The molecular formula is C14H16N2O3S. The third-order valence-corrected chi connectivity index (χ3v) is 3.75. The van der Waals surface area contributed by atoms with Gasteiger partial charge in [-0.05, 0) is 13.0 Å². The van der Waals surface area contributed by atoms with Crippen LogP contribution in [0, 0.1) is 6.92 Å². The van der Waals surface area contributed by atoms with Crippen molar-refractivity contribution in [1.82, 2.24) is 4.57 Å². The predicted molar refractivity (Wildman–Crippen MR) is 79.1 cm³/mol. The van der Waals surface area contributed by atoms with E-state index in [-0.39, 0.29) is 17.3 Å². The number of carbonyl (C=O) groups is 1. The number of rotatable bonds is 5. The number of nitrogens with zero attached hydrogens (tertiary/aromatic N) is 1. The summed E-state index contributed by atoms with van der Waals surface area (Å²) >= 11 is 1.10. The van der Waals surface area contributed by atoms with E-state index < -0.39 is 0 Å². The Bertz CT molecular complexity index is 660. The summed E-state index contributed by atoms with van der Waals surface area (Å²) in [7, 11) is 1.60. The molecule has 1 aromatic carbocycles. The van der Waals surface area contributed by atoms with E-state index >= 15 is 0 Å². The molecule has 2 rings (SSSR count). The van der Waals surface area contributed by atoms with Crippen molar-refractivity contribution in [2.75, 3.05) is 12.4 Å². The van der Waals surface area contributed by atoms with Crippen molar-refractivity contribution in [1.29, 1.82) is 0 Å². The highest BCUT2D eigenvalue weighted by Gasteiger charge is 2.10. The molecule has 0 radical (unpaired) electrons. The maximum atomic E-state index is 12.0. The van der Waals surface area contributed by atoms with Gasteiger partial charge in [0.1, 0.15) is 6.54 Å². The van der Waals surface area contributed by atoms with Crippen LogP contribution in [0.5, 0.6) is 0 Å².